The highest BCUT2D eigenvalue weighted by molar-refractivity contribution is 7.95. The van der Waals surface area contributed by atoms with Gasteiger partial charge in [-0.1, -0.05) is 36.2 Å². The summed E-state index contributed by atoms with van der Waals surface area (Å²) in [6.07, 6.45) is 0.903. The largest absolute Gasteiger partial charge is 0.379 e. The number of hydrogen-bond acceptors (Lipinski definition) is 5. The minimum absolute atomic E-state index is 0.200. The van der Waals surface area contributed by atoms with Crippen molar-refractivity contribution >= 4 is 23.9 Å². The van der Waals surface area contributed by atoms with E-state index in [1.54, 1.807) is 5.01 Å². The zero-order valence-electron chi connectivity index (χ0n) is 20.6. The van der Waals surface area contributed by atoms with Gasteiger partial charge in [0, 0.05) is 24.2 Å². The zero-order chi connectivity index (χ0) is 24.2. The predicted molar refractivity (Wildman–Crippen MR) is 134 cm³/mol. The summed E-state index contributed by atoms with van der Waals surface area (Å²) in [5, 5.41) is 1.59. The molecule has 0 saturated carbocycles. The van der Waals surface area contributed by atoms with E-state index in [1.165, 1.54) is 16.5 Å². The fraction of sp³-hybridized carbons (Fsp3) is 0.462. The number of amides is 2. The molecule has 0 radical (unpaired) electrons. The third kappa shape index (κ3) is 6.37. The fourth-order valence-corrected chi connectivity index (χ4v) is 4.88. The molecule has 1 aliphatic rings. The lowest BCUT2D eigenvalue weighted by atomic mass is 10.0. The molecule has 1 heterocycles. The monoisotopic (exact) mass is 469 g/mol. The maximum atomic E-state index is 13.9. The summed E-state index contributed by atoms with van der Waals surface area (Å²) in [4.78, 5) is 27.7. The molecule has 0 bridgehead atoms. The van der Waals surface area contributed by atoms with Crippen molar-refractivity contribution in [2.75, 3.05) is 26.3 Å². The molecule has 0 spiro atoms. The van der Waals surface area contributed by atoms with Crippen molar-refractivity contribution in [3.05, 3.63) is 70.3 Å². The summed E-state index contributed by atoms with van der Waals surface area (Å²) in [5.74, 6) is -0.421. The Bertz CT molecular complexity index is 959. The van der Waals surface area contributed by atoms with Crippen molar-refractivity contribution in [2.45, 2.75) is 53.5 Å². The van der Waals surface area contributed by atoms with Crippen molar-refractivity contribution in [1.82, 2.24) is 13.7 Å². The number of aryl methyl sites for hydroxylation is 3. The van der Waals surface area contributed by atoms with Gasteiger partial charge in [-0.3, -0.25) is 9.59 Å². The summed E-state index contributed by atoms with van der Waals surface area (Å²) < 4.78 is 9.10. The summed E-state index contributed by atoms with van der Waals surface area (Å²) >= 11 is 1.29. The second-order valence-electron chi connectivity index (χ2n) is 9.42. The average Bonchev–Trinajstić information content (AvgIpc) is 2.77. The van der Waals surface area contributed by atoms with Crippen molar-refractivity contribution in [3.8, 4) is 0 Å². The molecule has 0 aromatic heterocycles. The molecule has 0 atom stereocenters. The van der Waals surface area contributed by atoms with E-state index in [1.807, 2.05) is 77.1 Å². The molecule has 6 nitrogen and oxygen atoms in total. The Morgan fingerprint density at radius 3 is 2.03 bits per heavy atom. The lowest BCUT2D eigenvalue weighted by Gasteiger charge is -2.44. The highest BCUT2D eigenvalue weighted by atomic mass is 32.2. The maximum absolute atomic E-state index is 13.9. The van der Waals surface area contributed by atoms with Crippen LogP contribution in [0, 0.1) is 13.8 Å². The van der Waals surface area contributed by atoms with Crippen LogP contribution in [-0.4, -0.2) is 57.4 Å². The third-order valence-corrected chi connectivity index (χ3v) is 6.50. The van der Waals surface area contributed by atoms with Gasteiger partial charge in [-0.2, -0.15) is 4.41 Å². The van der Waals surface area contributed by atoms with Crippen molar-refractivity contribution in [1.29, 1.82) is 0 Å². The van der Waals surface area contributed by atoms with Gasteiger partial charge in [0.05, 0.1) is 30.9 Å². The molecule has 1 fully saturated rings. The van der Waals surface area contributed by atoms with Gasteiger partial charge >= 0.3 is 0 Å². The normalized spacial score (nSPS) is 14.7. The van der Waals surface area contributed by atoms with E-state index < -0.39 is 5.54 Å². The van der Waals surface area contributed by atoms with E-state index in [4.69, 9.17) is 4.74 Å². The topological polar surface area (TPSA) is 53.1 Å². The second-order valence-corrected chi connectivity index (χ2v) is 10.4. The molecule has 2 aromatic carbocycles. The first-order valence-electron chi connectivity index (χ1n) is 11.5. The van der Waals surface area contributed by atoms with Gasteiger partial charge in [0.15, 0.2) is 0 Å². The van der Waals surface area contributed by atoms with Gasteiger partial charge in [-0.15, -0.1) is 0 Å². The Morgan fingerprint density at radius 1 is 0.939 bits per heavy atom. The Kier molecular flexibility index (Phi) is 8.21. The highest BCUT2D eigenvalue weighted by Crippen LogP contribution is 2.30. The van der Waals surface area contributed by atoms with Crippen molar-refractivity contribution < 1.29 is 14.3 Å². The van der Waals surface area contributed by atoms with Gasteiger partial charge in [0.2, 0.25) is 0 Å². The lowest BCUT2D eigenvalue weighted by molar-refractivity contribution is -0.00307. The summed E-state index contributed by atoms with van der Waals surface area (Å²) in [7, 11) is 0. The number of hydrogen-bond donors (Lipinski definition) is 0. The van der Waals surface area contributed by atoms with E-state index in [0.29, 0.717) is 37.4 Å². The van der Waals surface area contributed by atoms with Crippen LogP contribution in [-0.2, 0) is 11.2 Å². The zero-order valence-corrected chi connectivity index (χ0v) is 21.4. The quantitative estimate of drug-likeness (QED) is 0.453. The van der Waals surface area contributed by atoms with E-state index in [0.717, 1.165) is 23.1 Å². The van der Waals surface area contributed by atoms with Crippen LogP contribution in [0.3, 0.4) is 0 Å². The number of hydrazine groups is 1. The van der Waals surface area contributed by atoms with Gasteiger partial charge < -0.3 is 4.74 Å². The maximum Gasteiger partial charge on any atom is 0.284 e. The number of nitrogens with zero attached hydrogens (tertiary/aromatic N) is 3. The summed E-state index contributed by atoms with van der Waals surface area (Å²) in [5.41, 5.74) is 3.69. The smallest absolute Gasteiger partial charge is 0.284 e. The Labute approximate surface area is 202 Å². The summed E-state index contributed by atoms with van der Waals surface area (Å²) in [6.45, 7) is 14.5. The first-order chi connectivity index (χ1) is 15.6. The van der Waals surface area contributed by atoms with Crippen LogP contribution in [0.15, 0.2) is 42.5 Å². The standard InChI is InChI=1S/C26H35N3O3S/c1-7-21-8-10-22(11-9-21)25(31)29(33-27-12-14-32-15-13-27)28(26(4,5)6)24(30)23-17-19(2)16-20(3)18-23/h8-11,16-18H,7,12-15H2,1-6H3. The van der Waals surface area contributed by atoms with E-state index in [-0.39, 0.29) is 11.8 Å². The van der Waals surface area contributed by atoms with Crippen LogP contribution in [0.2, 0.25) is 0 Å². The van der Waals surface area contributed by atoms with E-state index in [2.05, 4.69) is 11.2 Å². The van der Waals surface area contributed by atoms with Gasteiger partial charge in [-0.05, 0) is 70.9 Å². The number of benzene rings is 2. The molecular weight excluding hydrogens is 434 g/mol. The molecule has 1 aliphatic heterocycles. The first-order valence-corrected chi connectivity index (χ1v) is 12.2. The molecular formula is C26H35N3O3S. The average molecular weight is 470 g/mol. The molecule has 2 aromatic rings. The molecule has 0 unspecified atom stereocenters. The molecule has 0 aliphatic carbocycles. The van der Waals surface area contributed by atoms with Crippen LogP contribution in [0.5, 0.6) is 0 Å². The number of carbonyl (C=O) groups excluding carboxylic acids is 2. The van der Waals surface area contributed by atoms with Crippen LogP contribution in [0.4, 0.5) is 0 Å². The first kappa shape index (κ1) is 25.3. The minimum Gasteiger partial charge on any atom is -0.379 e. The third-order valence-electron chi connectivity index (χ3n) is 5.42. The molecule has 0 N–H and O–H groups in total. The molecule has 33 heavy (non-hydrogen) atoms. The molecule has 3 rings (SSSR count). The van der Waals surface area contributed by atoms with Crippen molar-refractivity contribution in [2.24, 2.45) is 0 Å². The predicted octanol–water partition coefficient (Wildman–Crippen LogP) is 5.06. The SMILES string of the molecule is CCc1ccc(C(=O)N(SN2CCOCC2)N(C(=O)c2cc(C)cc(C)c2)C(C)(C)C)cc1. The van der Waals surface area contributed by atoms with E-state index >= 15 is 0 Å². The Morgan fingerprint density at radius 2 is 1.52 bits per heavy atom. The van der Waals surface area contributed by atoms with E-state index in [9.17, 15) is 9.59 Å². The highest BCUT2D eigenvalue weighted by Gasteiger charge is 2.38. The van der Waals surface area contributed by atoms with Crippen LogP contribution in [0.1, 0.15) is 65.1 Å². The summed E-state index contributed by atoms with van der Waals surface area (Å²) in [6, 6.07) is 13.4. The number of ether oxygens (including phenoxy) is 1. The Hall–Kier alpha value is -2.35. The molecule has 178 valence electrons. The number of carbonyl (C=O) groups is 2. The van der Waals surface area contributed by atoms with Crippen LogP contribution >= 0.6 is 12.1 Å². The van der Waals surface area contributed by atoms with Gasteiger partial charge in [-0.25, -0.2) is 9.31 Å². The number of rotatable bonds is 5. The van der Waals surface area contributed by atoms with Gasteiger partial charge in [0.1, 0.15) is 0 Å². The molecule has 1 saturated heterocycles. The van der Waals surface area contributed by atoms with Crippen LogP contribution in [0.25, 0.3) is 0 Å². The number of morpholine rings is 1. The fourth-order valence-electron chi connectivity index (χ4n) is 3.78. The van der Waals surface area contributed by atoms with Crippen LogP contribution < -0.4 is 0 Å². The Balaban J connectivity index is 2.04. The molecule has 7 heteroatoms. The van der Waals surface area contributed by atoms with Gasteiger partial charge in [0.25, 0.3) is 11.8 Å². The van der Waals surface area contributed by atoms with Crippen molar-refractivity contribution in [3.63, 3.8) is 0 Å². The lowest BCUT2D eigenvalue weighted by Crippen LogP contribution is -2.56. The molecule has 2 amide bonds. The second kappa shape index (κ2) is 10.7. The minimum atomic E-state index is -0.632.